The van der Waals surface area contributed by atoms with Crippen molar-refractivity contribution in [1.29, 1.82) is 0 Å². The van der Waals surface area contributed by atoms with E-state index < -0.39 is 12.6 Å². The number of halogens is 2. The number of ether oxygens (including phenoxy) is 3. The Bertz CT molecular complexity index is 1210. The molecule has 33 heavy (non-hydrogen) atoms. The minimum absolute atomic E-state index is 0.0711. The van der Waals surface area contributed by atoms with E-state index >= 15 is 0 Å². The maximum atomic E-state index is 13.3. The minimum Gasteiger partial charge on any atom is -0.465 e. The standard InChI is InChI=1S/C23H22F2N2O5S/c1-30-21(29)14-8-9-17-18(11-14)26-23(27(20(17)28)12-16-6-4-10-31-16)33-13-15-5-2-3-7-19(15)32-22(24)25/h2-3,5,7-9,11,16,22H,4,6,10,12-13H2,1H3. The van der Waals surface area contributed by atoms with Crippen LogP contribution < -0.4 is 10.3 Å². The predicted molar refractivity (Wildman–Crippen MR) is 119 cm³/mol. The van der Waals surface area contributed by atoms with Crippen LogP contribution in [0.2, 0.25) is 0 Å². The Morgan fingerprint density at radius 2 is 2.12 bits per heavy atom. The third-order valence-electron chi connectivity index (χ3n) is 5.30. The monoisotopic (exact) mass is 476 g/mol. The summed E-state index contributed by atoms with van der Waals surface area (Å²) in [5, 5.41) is 0.767. The molecule has 4 rings (SSSR count). The molecule has 3 aromatic rings. The SMILES string of the molecule is COC(=O)c1ccc2c(=O)n(CC3CCCO3)c(SCc3ccccc3OC(F)F)nc2c1. The lowest BCUT2D eigenvalue weighted by Crippen LogP contribution is -2.29. The number of methoxy groups -OCH3 is 1. The van der Waals surface area contributed by atoms with Crippen LogP contribution in [0.25, 0.3) is 10.9 Å². The van der Waals surface area contributed by atoms with Crippen LogP contribution in [0.4, 0.5) is 8.78 Å². The number of carbonyl (C=O) groups excluding carboxylic acids is 1. The van der Waals surface area contributed by atoms with Crippen molar-refractivity contribution >= 4 is 28.6 Å². The van der Waals surface area contributed by atoms with Gasteiger partial charge in [0.1, 0.15) is 5.75 Å². The Hall–Kier alpha value is -2.98. The first-order chi connectivity index (χ1) is 16.0. The molecular weight excluding hydrogens is 454 g/mol. The van der Waals surface area contributed by atoms with Crippen LogP contribution in [0.15, 0.2) is 52.4 Å². The Morgan fingerprint density at radius 1 is 1.30 bits per heavy atom. The van der Waals surface area contributed by atoms with E-state index in [-0.39, 0.29) is 28.7 Å². The second kappa shape index (κ2) is 10.3. The van der Waals surface area contributed by atoms with Crippen molar-refractivity contribution in [1.82, 2.24) is 9.55 Å². The lowest BCUT2D eigenvalue weighted by Gasteiger charge is -2.17. The summed E-state index contributed by atoms with van der Waals surface area (Å²) in [6.45, 7) is -1.97. The van der Waals surface area contributed by atoms with E-state index in [1.807, 2.05) is 0 Å². The van der Waals surface area contributed by atoms with Crippen molar-refractivity contribution in [2.45, 2.75) is 43.0 Å². The van der Waals surface area contributed by atoms with Gasteiger partial charge in [0, 0.05) is 17.9 Å². The van der Waals surface area contributed by atoms with Crippen molar-refractivity contribution < 1.29 is 27.8 Å². The number of hydrogen-bond donors (Lipinski definition) is 0. The van der Waals surface area contributed by atoms with Crippen molar-refractivity contribution in [3.63, 3.8) is 0 Å². The smallest absolute Gasteiger partial charge is 0.387 e. The maximum absolute atomic E-state index is 13.3. The normalized spacial score (nSPS) is 15.8. The fourth-order valence-corrected chi connectivity index (χ4v) is 4.68. The molecule has 1 saturated heterocycles. The molecule has 0 radical (unpaired) electrons. The molecule has 0 saturated carbocycles. The van der Waals surface area contributed by atoms with Crippen LogP contribution in [0, 0.1) is 0 Å². The van der Waals surface area contributed by atoms with Gasteiger partial charge in [-0.1, -0.05) is 30.0 Å². The Labute approximate surface area is 192 Å². The Balaban J connectivity index is 1.72. The topological polar surface area (TPSA) is 79.7 Å². The second-order valence-corrected chi connectivity index (χ2v) is 8.39. The zero-order chi connectivity index (χ0) is 23.4. The highest BCUT2D eigenvalue weighted by Crippen LogP contribution is 2.29. The van der Waals surface area contributed by atoms with Crippen LogP contribution >= 0.6 is 11.8 Å². The number of nitrogens with zero attached hydrogens (tertiary/aromatic N) is 2. The van der Waals surface area contributed by atoms with E-state index in [0.29, 0.717) is 34.8 Å². The van der Waals surface area contributed by atoms with Gasteiger partial charge in [0.05, 0.1) is 36.2 Å². The molecule has 1 fully saturated rings. The fourth-order valence-electron chi connectivity index (χ4n) is 3.68. The number of alkyl halides is 2. The van der Waals surface area contributed by atoms with Crippen molar-refractivity contribution in [3.8, 4) is 5.75 Å². The van der Waals surface area contributed by atoms with Crippen LogP contribution in [-0.4, -0.2) is 42.0 Å². The largest absolute Gasteiger partial charge is 0.465 e. The molecule has 10 heteroatoms. The van der Waals surface area contributed by atoms with Crippen LogP contribution in [0.5, 0.6) is 5.75 Å². The maximum Gasteiger partial charge on any atom is 0.387 e. The van der Waals surface area contributed by atoms with Gasteiger partial charge in [-0.3, -0.25) is 9.36 Å². The molecule has 1 aliphatic heterocycles. The predicted octanol–water partition coefficient (Wildman–Crippen LogP) is 4.26. The lowest BCUT2D eigenvalue weighted by atomic mass is 10.1. The molecular formula is C23H22F2N2O5S. The van der Waals surface area contributed by atoms with E-state index in [1.54, 1.807) is 28.8 Å². The first-order valence-corrected chi connectivity index (χ1v) is 11.3. The van der Waals surface area contributed by atoms with E-state index in [1.165, 1.54) is 37.1 Å². The van der Waals surface area contributed by atoms with Crippen LogP contribution in [0.1, 0.15) is 28.8 Å². The molecule has 7 nitrogen and oxygen atoms in total. The first-order valence-electron chi connectivity index (χ1n) is 10.4. The molecule has 2 aromatic carbocycles. The van der Waals surface area contributed by atoms with E-state index in [9.17, 15) is 18.4 Å². The van der Waals surface area contributed by atoms with Gasteiger partial charge >= 0.3 is 12.6 Å². The van der Waals surface area contributed by atoms with E-state index in [2.05, 4.69) is 9.72 Å². The third-order valence-corrected chi connectivity index (χ3v) is 6.32. The van der Waals surface area contributed by atoms with Crippen LogP contribution in [-0.2, 0) is 21.8 Å². The number of thioether (sulfide) groups is 1. The van der Waals surface area contributed by atoms with Gasteiger partial charge in [0.25, 0.3) is 5.56 Å². The summed E-state index contributed by atoms with van der Waals surface area (Å²) in [4.78, 5) is 29.9. The summed E-state index contributed by atoms with van der Waals surface area (Å²) in [6, 6.07) is 11.1. The highest BCUT2D eigenvalue weighted by Gasteiger charge is 2.21. The van der Waals surface area contributed by atoms with Crippen molar-refractivity contribution in [2.75, 3.05) is 13.7 Å². The summed E-state index contributed by atoms with van der Waals surface area (Å²) in [5.74, 6) is -0.209. The second-order valence-electron chi connectivity index (χ2n) is 7.44. The van der Waals surface area contributed by atoms with E-state index in [0.717, 1.165) is 12.8 Å². The van der Waals surface area contributed by atoms with E-state index in [4.69, 9.17) is 9.47 Å². The average molecular weight is 477 g/mol. The number of hydrogen-bond acceptors (Lipinski definition) is 7. The third kappa shape index (κ3) is 5.33. The lowest BCUT2D eigenvalue weighted by molar-refractivity contribution is -0.0503. The number of esters is 1. The summed E-state index contributed by atoms with van der Waals surface area (Å²) >= 11 is 1.23. The molecule has 1 atom stereocenters. The molecule has 1 aliphatic rings. The number of benzene rings is 2. The molecule has 174 valence electrons. The summed E-state index contributed by atoms with van der Waals surface area (Å²) in [6.07, 6.45) is 1.65. The van der Waals surface area contributed by atoms with Crippen LogP contribution in [0.3, 0.4) is 0 Å². The molecule has 0 bridgehead atoms. The van der Waals surface area contributed by atoms with Gasteiger partial charge in [-0.15, -0.1) is 0 Å². The van der Waals surface area contributed by atoms with Gasteiger partial charge < -0.3 is 14.2 Å². The molecule has 0 N–H and O–H groups in total. The molecule has 0 aliphatic carbocycles. The highest BCUT2D eigenvalue weighted by molar-refractivity contribution is 7.98. The van der Waals surface area contributed by atoms with Crippen molar-refractivity contribution in [3.05, 3.63) is 63.9 Å². The summed E-state index contributed by atoms with van der Waals surface area (Å²) < 4.78 is 42.2. The number of aromatic nitrogens is 2. The minimum atomic E-state index is -2.94. The first kappa shape index (κ1) is 23.2. The Kier molecular flexibility index (Phi) is 7.24. The molecule has 0 amide bonds. The van der Waals surface area contributed by atoms with Gasteiger partial charge in [-0.2, -0.15) is 8.78 Å². The summed E-state index contributed by atoms with van der Waals surface area (Å²) in [7, 11) is 1.28. The number of para-hydroxylation sites is 1. The summed E-state index contributed by atoms with van der Waals surface area (Å²) in [5.41, 5.74) is 0.919. The zero-order valence-corrected chi connectivity index (χ0v) is 18.6. The number of rotatable bonds is 8. The number of carbonyl (C=O) groups is 1. The molecule has 2 heterocycles. The zero-order valence-electron chi connectivity index (χ0n) is 17.8. The molecule has 1 aromatic heterocycles. The van der Waals surface area contributed by atoms with Gasteiger partial charge in [-0.05, 0) is 37.1 Å². The van der Waals surface area contributed by atoms with Gasteiger partial charge in [0.2, 0.25) is 0 Å². The van der Waals surface area contributed by atoms with Gasteiger partial charge in [0.15, 0.2) is 5.16 Å². The average Bonchev–Trinajstić information content (AvgIpc) is 3.32. The Morgan fingerprint density at radius 3 is 2.85 bits per heavy atom. The van der Waals surface area contributed by atoms with Crippen molar-refractivity contribution in [2.24, 2.45) is 0 Å². The van der Waals surface area contributed by atoms with Gasteiger partial charge in [-0.25, -0.2) is 9.78 Å². The fraction of sp³-hybridized carbons (Fsp3) is 0.348. The molecule has 0 spiro atoms. The molecule has 1 unspecified atom stereocenters. The quantitative estimate of drug-likeness (QED) is 0.273. The number of fused-ring (bicyclic) bond motifs is 1. The highest BCUT2D eigenvalue weighted by atomic mass is 32.2.